The van der Waals surface area contributed by atoms with Gasteiger partial charge in [0.1, 0.15) is 5.75 Å². The summed E-state index contributed by atoms with van der Waals surface area (Å²) in [7, 11) is 3.10. The highest BCUT2D eigenvalue weighted by Crippen LogP contribution is 2.30. The summed E-state index contributed by atoms with van der Waals surface area (Å²) in [6.45, 7) is 0.376. The van der Waals surface area contributed by atoms with Crippen molar-refractivity contribution in [1.82, 2.24) is 0 Å². The average Bonchev–Trinajstić information content (AvgIpc) is 2.60. The quantitative estimate of drug-likeness (QED) is 0.664. The Morgan fingerprint density at radius 2 is 1.72 bits per heavy atom. The van der Waals surface area contributed by atoms with Crippen LogP contribution in [0.25, 0.3) is 0 Å². The van der Waals surface area contributed by atoms with Crippen molar-refractivity contribution in [1.29, 1.82) is 0 Å². The van der Waals surface area contributed by atoms with Crippen LogP contribution >= 0.6 is 23.2 Å². The molecule has 0 aliphatic carbocycles. The second kappa shape index (κ2) is 9.39. The van der Waals surface area contributed by atoms with Gasteiger partial charge in [0.15, 0.2) is 11.5 Å². The Morgan fingerprint density at radius 1 is 1.00 bits per heavy atom. The summed E-state index contributed by atoms with van der Waals surface area (Å²) in [5.41, 5.74) is 0.643. The highest BCUT2D eigenvalue weighted by molar-refractivity contribution is 6.35. The number of rotatable bonds is 8. The van der Waals surface area contributed by atoms with Crippen LogP contribution in [-0.4, -0.2) is 26.7 Å². The van der Waals surface area contributed by atoms with E-state index in [2.05, 4.69) is 5.32 Å². The molecule has 1 N–H and O–H groups in total. The Balaban J connectivity index is 1.79. The van der Waals surface area contributed by atoms with Crippen LogP contribution in [0, 0.1) is 0 Å². The van der Waals surface area contributed by atoms with Crippen molar-refractivity contribution in [3.8, 4) is 17.2 Å². The van der Waals surface area contributed by atoms with E-state index < -0.39 is 0 Å². The molecule has 2 rings (SSSR count). The van der Waals surface area contributed by atoms with Crippen LogP contribution in [0.15, 0.2) is 36.4 Å². The molecule has 0 saturated carbocycles. The van der Waals surface area contributed by atoms with Crippen molar-refractivity contribution >= 4 is 34.8 Å². The molecule has 5 nitrogen and oxygen atoms in total. The van der Waals surface area contributed by atoms with Gasteiger partial charge in [0, 0.05) is 23.2 Å². The average molecular weight is 384 g/mol. The second-order valence-corrected chi connectivity index (χ2v) is 5.99. The molecule has 0 aliphatic rings. The number of anilines is 1. The summed E-state index contributed by atoms with van der Waals surface area (Å²) in [5, 5.41) is 3.81. The number of carbonyl (C=O) groups is 1. The van der Waals surface area contributed by atoms with Crippen LogP contribution in [0.4, 0.5) is 5.69 Å². The van der Waals surface area contributed by atoms with Crippen molar-refractivity contribution in [3.63, 3.8) is 0 Å². The molecule has 134 valence electrons. The molecule has 2 aromatic carbocycles. The molecule has 2 aromatic rings. The molecule has 25 heavy (non-hydrogen) atoms. The fourth-order valence-corrected chi connectivity index (χ4v) is 2.61. The first-order valence-corrected chi connectivity index (χ1v) is 8.39. The minimum atomic E-state index is -0.113. The van der Waals surface area contributed by atoms with Gasteiger partial charge in [-0.05, 0) is 36.8 Å². The normalized spacial score (nSPS) is 10.2. The molecule has 1 amide bonds. The number of hydrogen-bond acceptors (Lipinski definition) is 4. The molecule has 0 saturated heterocycles. The van der Waals surface area contributed by atoms with Gasteiger partial charge in [-0.25, -0.2) is 0 Å². The number of methoxy groups -OCH3 is 2. The van der Waals surface area contributed by atoms with Gasteiger partial charge < -0.3 is 19.5 Å². The molecular formula is C18H19Cl2NO4. The largest absolute Gasteiger partial charge is 0.493 e. The minimum absolute atomic E-state index is 0.113. The van der Waals surface area contributed by atoms with Gasteiger partial charge in [0.05, 0.1) is 25.8 Å². The Hall–Kier alpha value is -2.11. The van der Waals surface area contributed by atoms with Crippen LogP contribution in [0.5, 0.6) is 17.2 Å². The first kappa shape index (κ1) is 19.2. The fourth-order valence-electron chi connectivity index (χ4n) is 2.14. The number of halogens is 2. The summed E-state index contributed by atoms with van der Waals surface area (Å²) in [6.07, 6.45) is 0.873. The molecule has 0 radical (unpaired) electrons. The van der Waals surface area contributed by atoms with Gasteiger partial charge in [-0.2, -0.15) is 0 Å². The highest BCUT2D eigenvalue weighted by atomic mass is 35.5. The third-order valence-electron chi connectivity index (χ3n) is 3.37. The number of ether oxygens (including phenoxy) is 3. The molecular weight excluding hydrogens is 365 g/mol. The molecule has 0 heterocycles. The number of benzene rings is 2. The molecule has 7 heteroatoms. The van der Waals surface area contributed by atoms with E-state index in [1.165, 1.54) is 0 Å². The zero-order valence-corrected chi connectivity index (χ0v) is 15.5. The lowest BCUT2D eigenvalue weighted by Crippen LogP contribution is -2.13. The molecule has 0 aliphatic heterocycles. The summed E-state index contributed by atoms with van der Waals surface area (Å²) in [6, 6.07) is 10.2. The van der Waals surface area contributed by atoms with E-state index in [4.69, 9.17) is 37.4 Å². The predicted octanol–water partition coefficient (Wildman–Crippen LogP) is 4.81. The van der Waals surface area contributed by atoms with Crippen molar-refractivity contribution in [2.45, 2.75) is 12.8 Å². The zero-order valence-electron chi connectivity index (χ0n) is 14.0. The third-order valence-corrected chi connectivity index (χ3v) is 3.90. The van der Waals surface area contributed by atoms with Crippen molar-refractivity contribution in [3.05, 3.63) is 46.4 Å². The lowest BCUT2D eigenvalue weighted by Gasteiger charge is -2.11. The number of amides is 1. The van der Waals surface area contributed by atoms with Crippen LogP contribution in [-0.2, 0) is 4.79 Å². The van der Waals surface area contributed by atoms with E-state index in [1.54, 1.807) is 50.6 Å². The maximum atomic E-state index is 12.0. The van der Waals surface area contributed by atoms with Crippen LogP contribution < -0.4 is 19.5 Å². The third kappa shape index (κ3) is 5.73. The monoisotopic (exact) mass is 383 g/mol. The smallest absolute Gasteiger partial charge is 0.224 e. The van der Waals surface area contributed by atoms with Gasteiger partial charge in [-0.15, -0.1) is 0 Å². The van der Waals surface area contributed by atoms with Gasteiger partial charge in [0.25, 0.3) is 0 Å². The first-order chi connectivity index (χ1) is 12.0. The molecule has 0 spiro atoms. The van der Waals surface area contributed by atoms with Gasteiger partial charge in [0.2, 0.25) is 5.91 Å². The van der Waals surface area contributed by atoms with E-state index >= 15 is 0 Å². The van der Waals surface area contributed by atoms with Crippen LogP contribution in [0.3, 0.4) is 0 Å². The summed E-state index contributed by atoms with van der Waals surface area (Å²) >= 11 is 11.8. The Bertz CT molecular complexity index is 737. The molecule has 0 bridgehead atoms. The Morgan fingerprint density at radius 3 is 2.40 bits per heavy atom. The molecule has 0 atom stereocenters. The first-order valence-electron chi connectivity index (χ1n) is 7.63. The SMILES string of the molecule is COc1ccc(NC(=O)CCCOc2ccc(Cl)cc2Cl)cc1OC. The van der Waals surface area contributed by atoms with Crippen LogP contribution in [0.1, 0.15) is 12.8 Å². The minimum Gasteiger partial charge on any atom is -0.493 e. The van der Waals surface area contributed by atoms with Crippen molar-refractivity contribution in [2.75, 3.05) is 26.1 Å². The number of carbonyl (C=O) groups excluding carboxylic acids is 1. The fraction of sp³-hybridized carbons (Fsp3) is 0.278. The van der Waals surface area contributed by atoms with Crippen molar-refractivity contribution in [2.24, 2.45) is 0 Å². The summed E-state index contributed by atoms with van der Waals surface area (Å²) in [5.74, 6) is 1.60. The highest BCUT2D eigenvalue weighted by Gasteiger charge is 2.08. The molecule has 0 unspecified atom stereocenters. The Kier molecular flexibility index (Phi) is 7.22. The van der Waals surface area contributed by atoms with Crippen molar-refractivity contribution < 1.29 is 19.0 Å². The summed E-state index contributed by atoms with van der Waals surface area (Å²) < 4.78 is 15.9. The van der Waals surface area contributed by atoms with E-state index in [1.807, 2.05) is 0 Å². The van der Waals surface area contributed by atoms with Gasteiger partial charge in [-0.1, -0.05) is 23.2 Å². The molecule has 0 aromatic heterocycles. The topological polar surface area (TPSA) is 56.8 Å². The van der Waals surface area contributed by atoms with E-state index in [9.17, 15) is 4.79 Å². The van der Waals surface area contributed by atoms with Crippen LogP contribution in [0.2, 0.25) is 10.0 Å². The van der Waals surface area contributed by atoms with E-state index in [-0.39, 0.29) is 5.91 Å². The second-order valence-electron chi connectivity index (χ2n) is 5.14. The number of nitrogens with one attached hydrogen (secondary N) is 1. The van der Waals surface area contributed by atoms with E-state index in [0.717, 1.165) is 0 Å². The summed E-state index contributed by atoms with van der Waals surface area (Å²) in [4.78, 5) is 12.0. The number of hydrogen-bond donors (Lipinski definition) is 1. The predicted molar refractivity (Wildman–Crippen MR) is 99.4 cm³/mol. The van der Waals surface area contributed by atoms with E-state index in [0.29, 0.717) is 52.4 Å². The maximum absolute atomic E-state index is 12.0. The van der Waals surface area contributed by atoms with Gasteiger partial charge >= 0.3 is 0 Å². The lowest BCUT2D eigenvalue weighted by molar-refractivity contribution is -0.116. The standard InChI is InChI=1S/C18H19Cl2NO4/c1-23-16-8-6-13(11-17(16)24-2)21-18(22)4-3-9-25-15-7-5-12(19)10-14(15)20/h5-8,10-11H,3-4,9H2,1-2H3,(H,21,22). The maximum Gasteiger partial charge on any atom is 0.224 e. The van der Waals surface area contributed by atoms with Gasteiger partial charge in [-0.3, -0.25) is 4.79 Å². The molecule has 0 fully saturated rings. The lowest BCUT2D eigenvalue weighted by atomic mass is 10.2. The zero-order chi connectivity index (χ0) is 18.2. The Labute approximate surface area is 156 Å².